The molecular weight excluding hydrogens is 270 g/mol. The second-order valence-electron chi connectivity index (χ2n) is 5.88. The van der Waals surface area contributed by atoms with Gasteiger partial charge in [-0.05, 0) is 18.6 Å². The van der Waals surface area contributed by atoms with Gasteiger partial charge in [0.25, 0.3) is 5.91 Å². The zero-order chi connectivity index (χ0) is 14.4. The maximum atomic E-state index is 12.7. The van der Waals surface area contributed by atoms with Crippen LogP contribution in [0.5, 0.6) is 0 Å². The number of hydrogen-bond donors (Lipinski definition) is 1. The van der Waals surface area contributed by atoms with Crippen molar-refractivity contribution in [3.05, 3.63) is 30.2 Å². The normalized spacial score (nSPS) is 28.8. The lowest BCUT2D eigenvalue weighted by molar-refractivity contribution is 0.0241. The van der Waals surface area contributed by atoms with Crippen molar-refractivity contribution in [1.82, 2.24) is 19.5 Å². The highest BCUT2D eigenvalue weighted by atomic mass is 16.5. The van der Waals surface area contributed by atoms with Gasteiger partial charge in [-0.25, -0.2) is 9.50 Å². The standard InChI is InChI=1S/C14H17N5O2/c15-14-3-5-21-8-10(14)7-18(9-14)13(20)11-6-16-12-2-1-4-17-19(11)12/h1-2,4,6,10H,3,5,7-9,15H2/t10-,14+/m0/s1. The summed E-state index contributed by atoms with van der Waals surface area (Å²) in [7, 11) is 0. The number of rotatable bonds is 1. The molecule has 0 unspecified atom stereocenters. The van der Waals surface area contributed by atoms with Crippen LogP contribution in [0.1, 0.15) is 16.9 Å². The zero-order valence-electron chi connectivity index (χ0n) is 11.6. The first kappa shape index (κ1) is 12.7. The molecule has 7 nitrogen and oxygen atoms in total. The van der Waals surface area contributed by atoms with Gasteiger partial charge in [0.1, 0.15) is 0 Å². The predicted molar refractivity (Wildman–Crippen MR) is 74.7 cm³/mol. The van der Waals surface area contributed by atoms with E-state index < -0.39 is 0 Å². The van der Waals surface area contributed by atoms with E-state index in [2.05, 4.69) is 10.1 Å². The van der Waals surface area contributed by atoms with Gasteiger partial charge in [0.2, 0.25) is 0 Å². The molecule has 0 saturated carbocycles. The summed E-state index contributed by atoms with van der Waals surface area (Å²) < 4.78 is 7.06. The van der Waals surface area contributed by atoms with Gasteiger partial charge in [-0.1, -0.05) is 0 Å². The van der Waals surface area contributed by atoms with E-state index in [1.54, 1.807) is 27.9 Å². The molecule has 0 bridgehead atoms. The molecule has 2 aromatic rings. The highest BCUT2D eigenvalue weighted by Gasteiger charge is 2.47. The van der Waals surface area contributed by atoms with Crippen LogP contribution >= 0.6 is 0 Å². The van der Waals surface area contributed by atoms with Crippen molar-refractivity contribution in [2.75, 3.05) is 26.3 Å². The molecule has 4 rings (SSSR count). The van der Waals surface area contributed by atoms with E-state index >= 15 is 0 Å². The van der Waals surface area contributed by atoms with Crippen LogP contribution in [0.25, 0.3) is 5.65 Å². The van der Waals surface area contributed by atoms with Crippen LogP contribution < -0.4 is 5.73 Å². The van der Waals surface area contributed by atoms with Crippen LogP contribution in [-0.2, 0) is 4.74 Å². The number of amides is 1. The highest BCUT2D eigenvalue weighted by molar-refractivity contribution is 5.93. The number of imidazole rings is 1. The molecule has 2 saturated heterocycles. The first-order chi connectivity index (χ1) is 10.2. The molecule has 21 heavy (non-hydrogen) atoms. The number of carbonyl (C=O) groups is 1. The van der Waals surface area contributed by atoms with Gasteiger partial charge in [-0.15, -0.1) is 0 Å². The number of carbonyl (C=O) groups excluding carboxylic acids is 1. The maximum absolute atomic E-state index is 12.7. The van der Waals surface area contributed by atoms with E-state index in [-0.39, 0.29) is 17.4 Å². The maximum Gasteiger partial charge on any atom is 0.274 e. The minimum Gasteiger partial charge on any atom is -0.381 e. The van der Waals surface area contributed by atoms with Gasteiger partial charge < -0.3 is 15.4 Å². The summed E-state index contributed by atoms with van der Waals surface area (Å²) in [6.45, 7) is 2.51. The third-order valence-corrected chi connectivity index (χ3v) is 4.55. The van der Waals surface area contributed by atoms with Crippen molar-refractivity contribution in [1.29, 1.82) is 0 Å². The number of nitrogens with zero attached hydrogens (tertiary/aromatic N) is 4. The van der Waals surface area contributed by atoms with Crippen LogP contribution in [0.3, 0.4) is 0 Å². The first-order valence-corrected chi connectivity index (χ1v) is 7.12. The lowest BCUT2D eigenvalue weighted by Crippen LogP contribution is -2.52. The van der Waals surface area contributed by atoms with Crippen LogP contribution in [0.4, 0.5) is 0 Å². The number of hydrogen-bond acceptors (Lipinski definition) is 5. The van der Waals surface area contributed by atoms with Crippen molar-refractivity contribution in [2.45, 2.75) is 12.0 Å². The molecule has 1 amide bonds. The molecule has 2 aromatic heterocycles. The smallest absolute Gasteiger partial charge is 0.274 e. The number of ether oxygens (including phenoxy) is 1. The van der Waals surface area contributed by atoms with E-state index in [0.717, 1.165) is 6.42 Å². The lowest BCUT2D eigenvalue weighted by atomic mass is 9.84. The number of aromatic nitrogens is 3. The van der Waals surface area contributed by atoms with E-state index in [0.29, 0.717) is 37.6 Å². The fourth-order valence-corrected chi connectivity index (χ4v) is 3.28. The molecule has 2 aliphatic heterocycles. The van der Waals surface area contributed by atoms with Gasteiger partial charge in [0.15, 0.2) is 11.3 Å². The number of nitrogens with two attached hydrogens (primary N) is 1. The molecule has 110 valence electrons. The fraction of sp³-hybridized carbons (Fsp3) is 0.500. The summed E-state index contributed by atoms with van der Waals surface area (Å²) in [5.41, 5.74) is 7.28. The Hall–Kier alpha value is -1.99. The Morgan fingerprint density at radius 1 is 1.52 bits per heavy atom. The van der Waals surface area contributed by atoms with Gasteiger partial charge in [-0.3, -0.25) is 4.79 Å². The van der Waals surface area contributed by atoms with Gasteiger partial charge in [0.05, 0.1) is 12.8 Å². The largest absolute Gasteiger partial charge is 0.381 e. The molecule has 2 atom stereocenters. The monoisotopic (exact) mass is 287 g/mol. The molecule has 0 aliphatic carbocycles. The predicted octanol–water partition coefficient (Wildman–Crippen LogP) is -0.0809. The molecular formula is C14H17N5O2. The van der Waals surface area contributed by atoms with Crippen molar-refractivity contribution in [3.8, 4) is 0 Å². The summed E-state index contributed by atoms with van der Waals surface area (Å²) in [5, 5.41) is 4.19. The minimum absolute atomic E-state index is 0.0691. The average molecular weight is 287 g/mol. The lowest BCUT2D eigenvalue weighted by Gasteiger charge is -2.34. The van der Waals surface area contributed by atoms with Gasteiger partial charge in [0, 0.05) is 37.4 Å². The van der Waals surface area contributed by atoms with E-state index in [4.69, 9.17) is 10.5 Å². The van der Waals surface area contributed by atoms with Crippen LogP contribution in [0.2, 0.25) is 0 Å². The highest BCUT2D eigenvalue weighted by Crippen LogP contribution is 2.32. The van der Waals surface area contributed by atoms with E-state index in [1.807, 2.05) is 6.07 Å². The first-order valence-electron chi connectivity index (χ1n) is 7.12. The Balaban J connectivity index is 1.64. The van der Waals surface area contributed by atoms with Crippen molar-refractivity contribution < 1.29 is 9.53 Å². The zero-order valence-corrected chi connectivity index (χ0v) is 11.6. The van der Waals surface area contributed by atoms with Gasteiger partial charge in [-0.2, -0.15) is 5.10 Å². The fourth-order valence-electron chi connectivity index (χ4n) is 3.28. The summed E-state index contributed by atoms with van der Waals surface area (Å²) in [6.07, 6.45) is 4.02. The van der Waals surface area contributed by atoms with Crippen LogP contribution in [-0.4, -0.2) is 57.2 Å². The van der Waals surface area contributed by atoms with Gasteiger partial charge >= 0.3 is 0 Å². The second-order valence-corrected chi connectivity index (χ2v) is 5.88. The Morgan fingerprint density at radius 2 is 2.43 bits per heavy atom. The van der Waals surface area contributed by atoms with E-state index in [1.165, 1.54) is 0 Å². The topological polar surface area (TPSA) is 85.8 Å². The number of likely N-dealkylation sites (tertiary alicyclic amines) is 1. The second kappa shape index (κ2) is 4.51. The summed E-state index contributed by atoms with van der Waals surface area (Å²) in [4.78, 5) is 18.8. The molecule has 2 N–H and O–H groups in total. The molecule has 0 radical (unpaired) electrons. The SMILES string of the molecule is N[C@@]12CCOC[C@@H]1CN(C(=O)c1cnc3cccnn13)C2. The molecule has 0 spiro atoms. The summed E-state index contributed by atoms with van der Waals surface area (Å²) in [5.74, 6) is 0.141. The van der Waals surface area contributed by atoms with Crippen LogP contribution in [0.15, 0.2) is 24.5 Å². The molecule has 4 heterocycles. The molecule has 7 heteroatoms. The van der Waals surface area contributed by atoms with Crippen molar-refractivity contribution >= 4 is 11.6 Å². The van der Waals surface area contributed by atoms with Crippen molar-refractivity contribution in [3.63, 3.8) is 0 Å². The quantitative estimate of drug-likeness (QED) is 0.793. The Bertz CT molecular complexity index is 699. The molecule has 2 aliphatic rings. The Labute approximate surface area is 121 Å². The average Bonchev–Trinajstić information content (AvgIpc) is 3.06. The third-order valence-electron chi connectivity index (χ3n) is 4.55. The number of fused-ring (bicyclic) bond motifs is 2. The van der Waals surface area contributed by atoms with E-state index in [9.17, 15) is 4.79 Å². The Kier molecular flexibility index (Phi) is 2.73. The van der Waals surface area contributed by atoms with Crippen LogP contribution in [0, 0.1) is 5.92 Å². The van der Waals surface area contributed by atoms with Crippen molar-refractivity contribution in [2.24, 2.45) is 11.7 Å². The summed E-state index contributed by atoms with van der Waals surface area (Å²) >= 11 is 0. The molecule has 0 aromatic carbocycles. The Morgan fingerprint density at radius 3 is 3.29 bits per heavy atom. The minimum atomic E-state index is -0.318. The third kappa shape index (κ3) is 1.92. The summed E-state index contributed by atoms with van der Waals surface area (Å²) in [6, 6.07) is 3.62. The molecule has 2 fully saturated rings.